The Bertz CT molecular complexity index is 1460. The summed E-state index contributed by atoms with van der Waals surface area (Å²) < 4.78 is 3.12. The number of carbonyl (C=O) groups excluding carboxylic acids is 1. The fourth-order valence-corrected chi connectivity index (χ4v) is 3.89. The van der Waals surface area contributed by atoms with Gasteiger partial charge >= 0.3 is 0 Å². The molecule has 1 aromatic carbocycles. The molecule has 184 valence electrons. The summed E-state index contributed by atoms with van der Waals surface area (Å²) in [4.78, 5) is 27.7. The van der Waals surface area contributed by atoms with Crippen molar-refractivity contribution >= 4 is 45.6 Å². The van der Waals surface area contributed by atoms with Crippen LogP contribution in [-0.4, -0.2) is 43.0 Å². The fraction of sp³-hybridized carbons (Fsp3) is 0.227. The molecular weight excluding hydrogens is 472 g/mol. The monoisotopic (exact) mass is 498 g/mol. The molecule has 4 rings (SSSR count). The molecule has 0 saturated heterocycles. The topological polar surface area (TPSA) is 189 Å². The number of anilines is 1. The van der Waals surface area contributed by atoms with Crippen LogP contribution in [0.4, 0.5) is 5.82 Å². The van der Waals surface area contributed by atoms with Crippen LogP contribution in [0, 0.1) is 0 Å². The third-order valence-corrected chi connectivity index (χ3v) is 5.63. The summed E-state index contributed by atoms with van der Waals surface area (Å²) in [6.45, 7) is 2.45. The van der Waals surface area contributed by atoms with Crippen LogP contribution in [0.5, 0.6) is 0 Å². The lowest BCUT2D eigenvalue weighted by Gasteiger charge is -2.17. The Morgan fingerprint density at radius 1 is 1.29 bits per heavy atom. The van der Waals surface area contributed by atoms with Gasteiger partial charge in [0.1, 0.15) is 11.4 Å². The van der Waals surface area contributed by atoms with E-state index in [4.69, 9.17) is 34.8 Å². The Kier molecular flexibility index (Phi) is 7.89. The van der Waals surface area contributed by atoms with Gasteiger partial charge in [0.25, 0.3) is 11.5 Å². The molecule has 0 saturated carbocycles. The van der Waals surface area contributed by atoms with Crippen molar-refractivity contribution in [3.63, 3.8) is 0 Å². The smallest absolute Gasteiger partial charge is 0.260 e. The van der Waals surface area contributed by atoms with E-state index in [0.29, 0.717) is 34.9 Å². The van der Waals surface area contributed by atoms with Crippen LogP contribution in [0.2, 0.25) is 5.02 Å². The first kappa shape index (κ1) is 25.5. The number of nitrogens with zero attached hydrogens (tertiary/aromatic N) is 6. The van der Waals surface area contributed by atoms with Crippen LogP contribution in [-0.2, 0) is 13.0 Å². The van der Waals surface area contributed by atoms with Crippen molar-refractivity contribution in [3.8, 4) is 0 Å². The van der Waals surface area contributed by atoms with Gasteiger partial charge in [-0.15, -0.1) is 5.10 Å². The Hall–Kier alpha value is -4.16. The first-order valence-electron chi connectivity index (χ1n) is 10.6. The van der Waals surface area contributed by atoms with E-state index in [1.54, 1.807) is 36.1 Å². The van der Waals surface area contributed by atoms with Gasteiger partial charge in [0, 0.05) is 38.1 Å². The number of amides is 1. The third-order valence-electron chi connectivity index (χ3n) is 5.32. The summed E-state index contributed by atoms with van der Waals surface area (Å²) in [6, 6.07) is 9.14. The number of pyridine rings is 1. The lowest BCUT2D eigenvalue weighted by Crippen LogP contribution is -2.36. The van der Waals surface area contributed by atoms with Gasteiger partial charge < -0.3 is 26.9 Å². The molecule has 35 heavy (non-hydrogen) atoms. The number of aromatic nitrogens is 4. The summed E-state index contributed by atoms with van der Waals surface area (Å²) in [5.74, 6) is 11.0. The van der Waals surface area contributed by atoms with Gasteiger partial charge in [-0.2, -0.15) is 5.10 Å². The molecule has 13 heteroatoms. The van der Waals surface area contributed by atoms with Crippen molar-refractivity contribution in [2.24, 2.45) is 22.5 Å². The number of halogens is 1. The maximum absolute atomic E-state index is 12.8. The second-order valence-corrected chi connectivity index (χ2v) is 7.98. The van der Waals surface area contributed by atoms with E-state index < -0.39 is 5.91 Å². The Balaban J connectivity index is 0.000000223. The van der Waals surface area contributed by atoms with Crippen molar-refractivity contribution in [3.05, 3.63) is 69.4 Å². The van der Waals surface area contributed by atoms with Crippen LogP contribution in [0.3, 0.4) is 0 Å². The number of aryl methyl sites for hydroxylation is 1. The molecule has 4 aromatic rings. The summed E-state index contributed by atoms with van der Waals surface area (Å²) in [5, 5.41) is 10.7. The Morgan fingerprint density at radius 3 is 2.66 bits per heavy atom. The number of nitrogens with two attached hydrogens (primary N) is 4. The van der Waals surface area contributed by atoms with E-state index in [1.165, 1.54) is 9.52 Å². The number of hydrogen-bond acceptors (Lipinski definition) is 8. The van der Waals surface area contributed by atoms with Gasteiger partial charge in [-0.05, 0) is 30.0 Å². The molecule has 0 radical (unpaired) electrons. The molecule has 0 fully saturated rings. The van der Waals surface area contributed by atoms with E-state index >= 15 is 0 Å². The highest BCUT2D eigenvalue weighted by molar-refractivity contribution is 6.35. The quantitative estimate of drug-likeness (QED) is 0.136. The highest BCUT2D eigenvalue weighted by Crippen LogP contribution is 2.21. The zero-order valence-electron chi connectivity index (χ0n) is 19.3. The zero-order valence-corrected chi connectivity index (χ0v) is 20.1. The number of nitrogen functional groups attached to an aromatic ring is 1. The van der Waals surface area contributed by atoms with E-state index in [-0.39, 0.29) is 16.9 Å². The van der Waals surface area contributed by atoms with E-state index in [1.807, 2.05) is 25.1 Å². The molecule has 0 spiro atoms. The van der Waals surface area contributed by atoms with Gasteiger partial charge in [-0.1, -0.05) is 30.7 Å². The number of carbonyl (C=O) groups is 1. The van der Waals surface area contributed by atoms with Gasteiger partial charge in [0.05, 0.1) is 10.4 Å². The summed E-state index contributed by atoms with van der Waals surface area (Å²) in [6.07, 6.45) is 4.39. The molecule has 0 unspecified atom stereocenters. The number of hydrogen-bond donors (Lipinski definition) is 4. The molecule has 0 aliphatic carbocycles. The number of amidine groups is 1. The van der Waals surface area contributed by atoms with Crippen LogP contribution < -0.4 is 28.7 Å². The molecule has 0 bridgehead atoms. The van der Waals surface area contributed by atoms with Gasteiger partial charge in [-0.3, -0.25) is 9.59 Å². The first-order chi connectivity index (χ1) is 16.7. The van der Waals surface area contributed by atoms with E-state index in [2.05, 4.69) is 15.2 Å². The molecule has 8 N–H and O–H groups in total. The third kappa shape index (κ3) is 5.34. The molecule has 3 aromatic heterocycles. The molecule has 3 heterocycles. The normalized spacial score (nSPS) is 11.4. The summed E-state index contributed by atoms with van der Waals surface area (Å²) in [5.41, 5.74) is 12.0. The van der Waals surface area contributed by atoms with Crippen molar-refractivity contribution in [2.75, 3.05) is 12.8 Å². The average molecular weight is 499 g/mol. The highest BCUT2D eigenvalue weighted by atomic mass is 35.5. The summed E-state index contributed by atoms with van der Waals surface area (Å²) in [7, 11) is 1.66. The number of benzene rings is 1. The molecule has 12 nitrogen and oxygen atoms in total. The van der Waals surface area contributed by atoms with Crippen LogP contribution in [0.25, 0.3) is 16.4 Å². The first-order valence-corrected chi connectivity index (χ1v) is 11.0. The number of hydrazine groups is 1. The minimum atomic E-state index is -0.619. The van der Waals surface area contributed by atoms with E-state index in [9.17, 15) is 9.59 Å². The molecular formula is C22H27ClN10O2. The van der Waals surface area contributed by atoms with Crippen molar-refractivity contribution < 1.29 is 4.79 Å². The fourth-order valence-electron chi connectivity index (χ4n) is 3.63. The molecule has 0 atom stereocenters. The van der Waals surface area contributed by atoms with Crippen LogP contribution in [0.15, 0.2) is 52.6 Å². The number of fused-ring (bicyclic) bond motifs is 2. The predicted octanol–water partition coefficient (Wildman–Crippen LogP) is 1.10. The zero-order chi connectivity index (χ0) is 25.7. The average Bonchev–Trinajstić information content (AvgIpc) is 3.16. The lowest BCUT2D eigenvalue weighted by atomic mass is 10.1. The van der Waals surface area contributed by atoms with Gasteiger partial charge in [-0.25, -0.2) is 15.3 Å². The van der Waals surface area contributed by atoms with Crippen molar-refractivity contribution in [1.29, 1.82) is 0 Å². The minimum Gasteiger partial charge on any atom is -0.381 e. The largest absolute Gasteiger partial charge is 0.381 e. The predicted molar refractivity (Wildman–Crippen MR) is 137 cm³/mol. The lowest BCUT2D eigenvalue weighted by molar-refractivity contribution is 0.100. The van der Waals surface area contributed by atoms with Gasteiger partial charge in [0.2, 0.25) is 0 Å². The Labute approximate surface area is 205 Å². The molecule has 0 aliphatic heterocycles. The minimum absolute atomic E-state index is 0.101. The Morgan fingerprint density at radius 2 is 2.03 bits per heavy atom. The highest BCUT2D eigenvalue weighted by Gasteiger charge is 2.15. The second kappa shape index (κ2) is 10.8. The number of rotatable bonds is 5. The summed E-state index contributed by atoms with van der Waals surface area (Å²) >= 11 is 6.18. The molecule has 1 amide bonds. The second-order valence-electron chi connectivity index (χ2n) is 7.57. The SMILES string of the molecule is CCc1cc2cccc(Cl)c2c(=O)n1CC/C(=N/N)N(C)N.NC(=O)c1c(N)nn2cccnc12. The van der Waals surface area contributed by atoms with Crippen LogP contribution >= 0.6 is 11.6 Å². The van der Waals surface area contributed by atoms with Crippen LogP contribution in [0.1, 0.15) is 29.4 Å². The van der Waals surface area contributed by atoms with Gasteiger partial charge in [0.15, 0.2) is 11.5 Å². The van der Waals surface area contributed by atoms with E-state index in [0.717, 1.165) is 17.5 Å². The maximum Gasteiger partial charge on any atom is 0.260 e. The van der Waals surface area contributed by atoms with Crippen molar-refractivity contribution in [2.45, 2.75) is 26.3 Å². The maximum atomic E-state index is 12.8. The number of hydrazone groups is 1. The number of primary amides is 1. The standard InChI is InChI=1S/C15H20ClN5O.C7H7N5O/c1-3-11-9-10-5-4-6-12(16)14(10)15(22)21(11)8-7-13(19-17)20(2)18;8-5-4(6(9)13)7-10-2-1-3-12(7)11-5/h4-6,9H,3,7-8,17-18H2,1-2H3;1-3H,(H2,8,11)(H2,9,13)/b19-13-;. The molecule has 0 aliphatic rings. The van der Waals surface area contributed by atoms with Crippen molar-refractivity contribution in [1.82, 2.24) is 24.2 Å².